The summed E-state index contributed by atoms with van der Waals surface area (Å²) < 4.78 is 27.0. The number of hydrogen-bond acceptors (Lipinski definition) is 3. The summed E-state index contributed by atoms with van der Waals surface area (Å²) in [6, 6.07) is 16.3. The first kappa shape index (κ1) is 18.2. The van der Waals surface area contributed by atoms with Crippen molar-refractivity contribution in [2.24, 2.45) is 5.92 Å². The molecular formula is C21H24N2O3S. The summed E-state index contributed by atoms with van der Waals surface area (Å²) in [5, 5.41) is 3.11. The monoisotopic (exact) mass is 384 g/mol. The summed E-state index contributed by atoms with van der Waals surface area (Å²) in [4.78, 5) is 13.0. The van der Waals surface area contributed by atoms with Crippen LogP contribution in [0.4, 0.5) is 0 Å². The number of rotatable bonds is 6. The second-order valence-electron chi connectivity index (χ2n) is 7.34. The first-order valence-electron chi connectivity index (χ1n) is 9.52. The van der Waals surface area contributed by atoms with Gasteiger partial charge < -0.3 is 5.32 Å². The standard InChI is InChI=1S/C21H24N2O3S/c24-21(22-20(17-11-12-17)16-7-2-1-3-8-16)18-9-6-10-19(15-18)27(25,26)23-13-4-5-14-23/h1-3,6-10,15,17,20H,4-5,11-14H2,(H,22,24). The Morgan fingerprint density at radius 2 is 1.70 bits per heavy atom. The van der Waals surface area contributed by atoms with Crippen LogP contribution in [0.3, 0.4) is 0 Å². The number of amides is 1. The molecule has 1 heterocycles. The first-order valence-corrected chi connectivity index (χ1v) is 11.0. The average molecular weight is 385 g/mol. The summed E-state index contributed by atoms with van der Waals surface area (Å²) in [6.45, 7) is 1.10. The Kier molecular flexibility index (Phi) is 5.02. The lowest BCUT2D eigenvalue weighted by atomic mass is 10.0. The predicted octanol–water partition coefficient (Wildman–Crippen LogP) is 3.35. The maximum absolute atomic E-state index is 12.8. The molecule has 1 saturated carbocycles. The fourth-order valence-corrected chi connectivity index (χ4v) is 5.23. The van der Waals surface area contributed by atoms with Crippen molar-refractivity contribution >= 4 is 15.9 Å². The smallest absolute Gasteiger partial charge is 0.251 e. The lowest BCUT2D eigenvalue weighted by Crippen LogP contribution is -2.31. The van der Waals surface area contributed by atoms with E-state index < -0.39 is 10.0 Å². The summed E-state index contributed by atoms with van der Waals surface area (Å²) in [7, 11) is -3.53. The minimum Gasteiger partial charge on any atom is -0.345 e. The van der Waals surface area contributed by atoms with Gasteiger partial charge in [0.15, 0.2) is 0 Å². The van der Waals surface area contributed by atoms with Gasteiger partial charge in [-0.2, -0.15) is 4.31 Å². The molecule has 1 N–H and O–H groups in total. The highest BCUT2D eigenvalue weighted by molar-refractivity contribution is 7.89. The number of sulfonamides is 1. The SMILES string of the molecule is O=C(NC(c1ccccc1)C1CC1)c1cccc(S(=O)(=O)N2CCCC2)c1. The van der Waals surface area contributed by atoms with Crippen molar-refractivity contribution in [3.8, 4) is 0 Å². The van der Waals surface area contributed by atoms with E-state index in [2.05, 4.69) is 5.32 Å². The molecule has 1 saturated heterocycles. The van der Waals surface area contributed by atoms with Crippen molar-refractivity contribution in [3.63, 3.8) is 0 Å². The highest BCUT2D eigenvalue weighted by atomic mass is 32.2. The zero-order chi connectivity index (χ0) is 18.9. The van der Waals surface area contributed by atoms with E-state index in [4.69, 9.17) is 0 Å². The second-order valence-corrected chi connectivity index (χ2v) is 9.28. The molecule has 1 aliphatic heterocycles. The Morgan fingerprint density at radius 3 is 2.37 bits per heavy atom. The third kappa shape index (κ3) is 3.92. The van der Waals surface area contributed by atoms with Crippen LogP contribution in [0.1, 0.15) is 47.6 Å². The molecule has 2 aromatic rings. The topological polar surface area (TPSA) is 66.5 Å². The van der Waals surface area contributed by atoms with Crippen molar-refractivity contribution in [2.75, 3.05) is 13.1 Å². The zero-order valence-corrected chi connectivity index (χ0v) is 16.0. The van der Waals surface area contributed by atoms with Crippen molar-refractivity contribution < 1.29 is 13.2 Å². The Balaban J connectivity index is 1.55. The van der Waals surface area contributed by atoms with Crippen LogP contribution >= 0.6 is 0 Å². The quantitative estimate of drug-likeness (QED) is 0.831. The maximum atomic E-state index is 12.8. The van der Waals surface area contributed by atoms with E-state index in [9.17, 15) is 13.2 Å². The van der Waals surface area contributed by atoms with Crippen molar-refractivity contribution in [1.29, 1.82) is 0 Å². The highest BCUT2D eigenvalue weighted by Gasteiger charge is 2.34. The normalized spacial score (nSPS) is 19.0. The summed E-state index contributed by atoms with van der Waals surface area (Å²) in [5.74, 6) is 0.224. The molecule has 2 fully saturated rings. The van der Waals surface area contributed by atoms with E-state index in [1.54, 1.807) is 18.2 Å². The molecule has 2 aromatic carbocycles. The van der Waals surface area contributed by atoms with Crippen LogP contribution < -0.4 is 5.32 Å². The molecule has 6 heteroatoms. The van der Waals surface area contributed by atoms with Crippen molar-refractivity contribution in [1.82, 2.24) is 9.62 Å². The first-order chi connectivity index (χ1) is 13.1. The van der Waals surface area contributed by atoms with E-state index in [0.717, 1.165) is 31.2 Å². The molecule has 0 bridgehead atoms. The Labute approximate surface area is 160 Å². The lowest BCUT2D eigenvalue weighted by Gasteiger charge is -2.19. The number of hydrogen-bond donors (Lipinski definition) is 1. The van der Waals surface area contributed by atoms with Gasteiger partial charge in [-0.3, -0.25) is 4.79 Å². The molecule has 4 rings (SSSR count). The molecule has 1 unspecified atom stereocenters. The molecule has 0 spiro atoms. The van der Waals surface area contributed by atoms with Crippen LogP contribution in [0.25, 0.3) is 0 Å². The van der Waals surface area contributed by atoms with Crippen LogP contribution in [0.15, 0.2) is 59.5 Å². The van der Waals surface area contributed by atoms with Crippen LogP contribution in [-0.4, -0.2) is 31.7 Å². The van der Waals surface area contributed by atoms with Gasteiger partial charge in [-0.25, -0.2) is 8.42 Å². The second kappa shape index (κ2) is 7.44. The fraction of sp³-hybridized carbons (Fsp3) is 0.381. The zero-order valence-electron chi connectivity index (χ0n) is 15.2. The highest BCUT2D eigenvalue weighted by Crippen LogP contribution is 2.41. The average Bonchev–Trinajstić information content (AvgIpc) is 3.38. The molecule has 5 nitrogen and oxygen atoms in total. The van der Waals surface area contributed by atoms with Gasteiger partial charge >= 0.3 is 0 Å². The van der Waals surface area contributed by atoms with Gasteiger partial charge in [-0.05, 0) is 55.4 Å². The molecule has 1 amide bonds. The number of benzene rings is 2. The van der Waals surface area contributed by atoms with Gasteiger partial charge in [0.2, 0.25) is 10.0 Å². The third-order valence-electron chi connectivity index (χ3n) is 5.34. The minimum absolute atomic E-state index is 0.0301. The Morgan fingerprint density at radius 1 is 1.00 bits per heavy atom. The Bertz CT molecular complexity index is 917. The molecular weight excluding hydrogens is 360 g/mol. The molecule has 0 radical (unpaired) electrons. The molecule has 1 aliphatic carbocycles. The van der Waals surface area contributed by atoms with Crippen LogP contribution in [0.2, 0.25) is 0 Å². The molecule has 142 valence electrons. The summed E-state index contributed by atoms with van der Waals surface area (Å²) >= 11 is 0. The van der Waals surface area contributed by atoms with Crippen molar-refractivity contribution in [3.05, 3.63) is 65.7 Å². The Hall–Kier alpha value is -2.18. The predicted molar refractivity (Wildman–Crippen MR) is 104 cm³/mol. The molecule has 1 atom stereocenters. The molecule has 2 aliphatic rings. The largest absolute Gasteiger partial charge is 0.345 e. The lowest BCUT2D eigenvalue weighted by molar-refractivity contribution is 0.0931. The summed E-state index contributed by atoms with van der Waals surface area (Å²) in [5.41, 5.74) is 1.48. The molecule has 27 heavy (non-hydrogen) atoms. The van der Waals surface area contributed by atoms with Gasteiger partial charge in [0, 0.05) is 18.7 Å². The van der Waals surface area contributed by atoms with Gasteiger partial charge in [0.1, 0.15) is 0 Å². The number of nitrogens with zero attached hydrogens (tertiary/aromatic N) is 1. The van der Waals surface area contributed by atoms with Crippen LogP contribution in [0.5, 0.6) is 0 Å². The number of carbonyl (C=O) groups is 1. The van der Waals surface area contributed by atoms with Gasteiger partial charge in [0.05, 0.1) is 10.9 Å². The van der Waals surface area contributed by atoms with E-state index >= 15 is 0 Å². The van der Waals surface area contributed by atoms with E-state index in [-0.39, 0.29) is 16.8 Å². The van der Waals surface area contributed by atoms with Crippen LogP contribution in [-0.2, 0) is 10.0 Å². The van der Waals surface area contributed by atoms with E-state index in [1.807, 2.05) is 30.3 Å². The van der Waals surface area contributed by atoms with Crippen molar-refractivity contribution in [2.45, 2.75) is 36.6 Å². The molecule has 0 aromatic heterocycles. The fourth-order valence-electron chi connectivity index (χ4n) is 3.66. The van der Waals surface area contributed by atoms with Gasteiger partial charge in [-0.1, -0.05) is 36.4 Å². The maximum Gasteiger partial charge on any atom is 0.251 e. The van der Waals surface area contributed by atoms with Gasteiger partial charge in [0.25, 0.3) is 5.91 Å². The number of nitrogens with one attached hydrogen (secondary N) is 1. The van der Waals surface area contributed by atoms with Crippen LogP contribution in [0, 0.1) is 5.92 Å². The van der Waals surface area contributed by atoms with E-state index in [1.165, 1.54) is 10.4 Å². The van der Waals surface area contributed by atoms with E-state index in [0.29, 0.717) is 24.6 Å². The third-order valence-corrected chi connectivity index (χ3v) is 7.23. The minimum atomic E-state index is -3.53. The summed E-state index contributed by atoms with van der Waals surface area (Å²) in [6.07, 6.45) is 3.98. The number of carbonyl (C=O) groups excluding carboxylic acids is 1. The van der Waals surface area contributed by atoms with Gasteiger partial charge in [-0.15, -0.1) is 0 Å².